The Hall–Kier alpha value is -3.16. The molecule has 2 aromatic carbocycles. The zero-order valence-electron chi connectivity index (χ0n) is 15.4. The molecule has 0 aliphatic carbocycles. The maximum atomic E-state index is 13.7. The Morgan fingerprint density at radius 1 is 1.33 bits per heavy atom. The largest absolute Gasteiger partial charge is 0.494 e. The number of methoxy groups -OCH3 is 1. The van der Waals surface area contributed by atoms with Crippen molar-refractivity contribution in [2.24, 2.45) is 5.92 Å². The molecule has 2 N–H and O–H groups in total. The highest BCUT2D eigenvalue weighted by Gasteiger charge is 2.19. The first-order valence-electron chi connectivity index (χ1n) is 8.51. The number of nitro benzene ring substituents is 1. The SMILES string of the molecule is CCC(C)C(=O)Nc1cccc(CNc2cc(OC)c(F)cc2[N+](=O)[O-])c1. The van der Waals surface area contributed by atoms with E-state index in [-0.39, 0.29) is 35.5 Å². The number of anilines is 2. The molecule has 0 aliphatic heterocycles. The van der Waals surface area contributed by atoms with Crippen LogP contribution in [0, 0.1) is 21.8 Å². The molecule has 2 rings (SSSR count). The summed E-state index contributed by atoms with van der Waals surface area (Å²) in [6, 6.07) is 9.22. The molecule has 0 radical (unpaired) electrons. The summed E-state index contributed by atoms with van der Waals surface area (Å²) in [6.07, 6.45) is 0.739. The van der Waals surface area contributed by atoms with Crippen molar-refractivity contribution in [3.63, 3.8) is 0 Å². The summed E-state index contributed by atoms with van der Waals surface area (Å²) in [5, 5.41) is 16.9. The highest BCUT2D eigenvalue weighted by atomic mass is 19.1. The van der Waals surface area contributed by atoms with Gasteiger partial charge in [0.2, 0.25) is 5.91 Å². The zero-order chi connectivity index (χ0) is 20.0. The first kappa shape index (κ1) is 20.2. The number of nitrogens with zero attached hydrogens (tertiary/aromatic N) is 1. The quantitative estimate of drug-likeness (QED) is 0.529. The summed E-state index contributed by atoms with van der Waals surface area (Å²) >= 11 is 0. The topological polar surface area (TPSA) is 93.5 Å². The number of carbonyl (C=O) groups excluding carboxylic acids is 1. The minimum Gasteiger partial charge on any atom is -0.494 e. The Morgan fingerprint density at radius 2 is 2.07 bits per heavy atom. The summed E-state index contributed by atoms with van der Waals surface area (Å²) in [5.41, 5.74) is 1.21. The molecule has 0 saturated heterocycles. The molecule has 1 amide bonds. The number of hydrogen-bond donors (Lipinski definition) is 2. The van der Waals surface area contributed by atoms with Crippen molar-refractivity contribution >= 4 is 23.0 Å². The monoisotopic (exact) mass is 375 g/mol. The fourth-order valence-corrected chi connectivity index (χ4v) is 2.40. The van der Waals surface area contributed by atoms with E-state index in [1.54, 1.807) is 18.2 Å². The first-order valence-corrected chi connectivity index (χ1v) is 8.51. The van der Waals surface area contributed by atoms with E-state index in [0.29, 0.717) is 5.69 Å². The number of amides is 1. The highest BCUT2D eigenvalue weighted by molar-refractivity contribution is 5.92. The number of nitro groups is 1. The highest BCUT2D eigenvalue weighted by Crippen LogP contribution is 2.32. The van der Waals surface area contributed by atoms with Crippen LogP contribution in [0.1, 0.15) is 25.8 Å². The molecule has 1 atom stereocenters. The molecule has 0 heterocycles. The van der Waals surface area contributed by atoms with E-state index in [2.05, 4.69) is 10.6 Å². The lowest BCUT2D eigenvalue weighted by molar-refractivity contribution is -0.384. The van der Waals surface area contributed by atoms with Crippen LogP contribution in [-0.2, 0) is 11.3 Å². The van der Waals surface area contributed by atoms with Crippen LogP contribution < -0.4 is 15.4 Å². The van der Waals surface area contributed by atoms with Crippen LogP contribution in [0.15, 0.2) is 36.4 Å². The molecule has 8 heteroatoms. The predicted molar refractivity (Wildman–Crippen MR) is 101 cm³/mol. The number of nitrogens with one attached hydrogen (secondary N) is 2. The van der Waals surface area contributed by atoms with E-state index in [4.69, 9.17) is 4.74 Å². The first-order chi connectivity index (χ1) is 12.8. The molecule has 7 nitrogen and oxygen atoms in total. The molecule has 0 fully saturated rings. The molecular weight excluding hydrogens is 353 g/mol. The van der Waals surface area contributed by atoms with E-state index >= 15 is 0 Å². The van der Waals surface area contributed by atoms with Crippen molar-refractivity contribution in [1.29, 1.82) is 0 Å². The fraction of sp³-hybridized carbons (Fsp3) is 0.316. The predicted octanol–water partition coefficient (Wildman–Crippen LogP) is 4.34. The lowest BCUT2D eigenvalue weighted by atomic mass is 10.1. The summed E-state index contributed by atoms with van der Waals surface area (Å²) in [4.78, 5) is 22.5. The van der Waals surface area contributed by atoms with E-state index in [1.807, 2.05) is 19.9 Å². The summed E-state index contributed by atoms with van der Waals surface area (Å²) < 4.78 is 18.6. The van der Waals surface area contributed by atoms with Crippen molar-refractivity contribution < 1.29 is 18.8 Å². The normalized spacial score (nSPS) is 11.6. The van der Waals surface area contributed by atoms with E-state index < -0.39 is 10.7 Å². The Bertz CT molecular complexity index is 842. The molecule has 1 unspecified atom stereocenters. The molecule has 144 valence electrons. The number of benzene rings is 2. The van der Waals surface area contributed by atoms with Gasteiger partial charge in [0, 0.05) is 24.2 Å². The molecule has 0 aromatic heterocycles. The van der Waals surface area contributed by atoms with Gasteiger partial charge in [-0.1, -0.05) is 26.0 Å². The van der Waals surface area contributed by atoms with Crippen LogP contribution in [0.4, 0.5) is 21.5 Å². The third kappa shape index (κ3) is 5.16. The van der Waals surface area contributed by atoms with Crippen LogP contribution >= 0.6 is 0 Å². The van der Waals surface area contributed by atoms with E-state index in [0.717, 1.165) is 18.1 Å². The van der Waals surface area contributed by atoms with Gasteiger partial charge in [0.25, 0.3) is 5.69 Å². The summed E-state index contributed by atoms with van der Waals surface area (Å²) in [6.45, 7) is 4.04. The second-order valence-electron chi connectivity index (χ2n) is 6.11. The lowest BCUT2D eigenvalue weighted by Gasteiger charge is -2.12. The minimum atomic E-state index is -0.801. The fourth-order valence-electron chi connectivity index (χ4n) is 2.40. The zero-order valence-corrected chi connectivity index (χ0v) is 15.4. The van der Waals surface area contributed by atoms with Gasteiger partial charge in [-0.3, -0.25) is 14.9 Å². The molecule has 0 saturated carbocycles. The number of halogens is 1. The lowest BCUT2D eigenvalue weighted by Crippen LogP contribution is -2.19. The molecule has 0 spiro atoms. The van der Waals surface area contributed by atoms with Crippen molar-refractivity contribution in [3.8, 4) is 5.75 Å². The molecule has 27 heavy (non-hydrogen) atoms. The third-order valence-electron chi connectivity index (χ3n) is 4.20. The van der Waals surface area contributed by atoms with Gasteiger partial charge in [0.15, 0.2) is 11.6 Å². The summed E-state index contributed by atoms with van der Waals surface area (Å²) in [5.74, 6) is -1.05. The Balaban J connectivity index is 2.16. The van der Waals surface area contributed by atoms with Crippen LogP contribution in [-0.4, -0.2) is 17.9 Å². The van der Waals surface area contributed by atoms with Gasteiger partial charge < -0.3 is 15.4 Å². The van der Waals surface area contributed by atoms with Crippen molar-refractivity contribution in [1.82, 2.24) is 0 Å². The molecule has 0 aliphatic rings. The Morgan fingerprint density at radius 3 is 2.70 bits per heavy atom. The van der Waals surface area contributed by atoms with E-state index in [9.17, 15) is 19.3 Å². The van der Waals surface area contributed by atoms with Crippen molar-refractivity contribution in [3.05, 3.63) is 57.9 Å². The van der Waals surface area contributed by atoms with Crippen molar-refractivity contribution in [2.75, 3.05) is 17.7 Å². The van der Waals surface area contributed by atoms with Gasteiger partial charge in [-0.05, 0) is 24.1 Å². The summed E-state index contributed by atoms with van der Waals surface area (Å²) in [7, 11) is 1.29. The average molecular weight is 375 g/mol. The average Bonchev–Trinajstić information content (AvgIpc) is 2.66. The van der Waals surface area contributed by atoms with Gasteiger partial charge >= 0.3 is 0 Å². The number of hydrogen-bond acceptors (Lipinski definition) is 5. The van der Waals surface area contributed by atoms with Gasteiger partial charge in [-0.2, -0.15) is 0 Å². The maximum Gasteiger partial charge on any atom is 0.295 e. The molecular formula is C19H22FN3O4. The van der Waals surface area contributed by atoms with Crippen molar-refractivity contribution in [2.45, 2.75) is 26.8 Å². The van der Waals surface area contributed by atoms with Crippen LogP contribution in [0.25, 0.3) is 0 Å². The standard InChI is InChI=1S/C19H22FN3O4/c1-4-12(2)19(24)22-14-7-5-6-13(8-14)11-21-16-10-18(27-3)15(20)9-17(16)23(25)26/h5-10,12,21H,4,11H2,1-3H3,(H,22,24). The number of carbonyl (C=O) groups is 1. The van der Waals surface area contributed by atoms with Gasteiger partial charge in [0.1, 0.15) is 5.69 Å². The van der Waals surface area contributed by atoms with Gasteiger partial charge in [0.05, 0.1) is 18.1 Å². The smallest absolute Gasteiger partial charge is 0.295 e. The minimum absolute atomic E-state index is 0.0680. The van der Waals surface area contributed by atoms with Crippen LogP contribution in [0.3, 0.4) is 0 Å². The second kappa shape index (κ2) is 8.98. The second-order valence-corrected chi connectivity index (χ2v) is 6.11. The molecule has 2 aromatic rings. The van der Waals surface area contributed by atoms with E-state index in [1.165, 1.54) is 13.2 Å². The Kier molecular flexibility index (Phi) is 6.70. The third-order valence-corrected chi connectivity index (χ3v) is 4.20. The number of ether oxygens (including phenoxy) is 1. The van der Waals surface area contributed by atoms with Crippen LogP contribution in [0.5, 0.6) is 5.75 Å². The van der Waals surface area contributed by atoms with Gasteiger partial charge in [-0.25, -0.2) is 4.39 Å². The number of rotatable bonds is 8. The van der Waals surface area contributed by atoms with Gasteiger partial charge in [-0.15, -0.1) is 0 Å². The maximum absolute atomic E-state index is 13.7. The van der Waals surface area contributed by atoms with Crippen LogP contribution in [0.2, 0.25) is 0 Å². The molecule has 0 bridgehead atoms. The Labute approximate surface area is 156 Å².